The van der Waals surface area contributed by atoms with E-state index in [2.05, 4.69) is 0 Å². The number of carboxylic acids is 1. The topological polar surface area (TPSA) is 83.5 Å². The first-order valence-corrected chi connectivity index (χ1v) is 4.32. The molecule has 4 nitrogen and oxygen atoms in total. The Morgan fingerprint density at radius 1 is 1.36 bits per heavy atom. The van der Waals surface area contributed by atoms with Gasteiger partial charge in [-0.15, -0.1) is 0 Å². The van der Waals surface area contributed by atoms with Crippen LogP contribution in [0.25, 0.3) is 0 Å². The van der Waals surface area contributed by atoms with E-state index >= 15 is 0 Å². The first kappa shape index (κ1) is 10.7. The van der Waals surface area contributed by atoms with Gasteiger partial charge in [-0.3, -0.25) is 4.79 Å². The van der Waals surface area contributed by atoms with Gasteiger partial charge in [-0.1, -0.05) is 30.3 Å². The van der Waals surface area contributed by atoms with Gasteiger partial charge >= 0.3 is 5.97 Å². The number of aliphatic carboxylic acids is 1. The third-order valence-corrected chi connectivity index (χ3v) is 1.98. The molecule has 1 rings (SSSR count). The maximum Gasteiger partial charge on any atom is 0.320 e. The number of hydrogen-bond acceptors (Lipinski definition) is 3. The van der Waals surface area contributed by atoms with Crippen LogP contribution in [0.4, 0.5) is 0 Å². The third-order valence-electron chi connectivity index (χ3n) is 1.98. The Labute approximate surface area is 82.0 Å². The zero-order valence-corrected chi connectivity index (χ0v) is 7.63. The second-order valence-corrected chi connectivity index (χ2v) is 3.11. The molecular weight excluding hydrogens is 182 g/mol. The van der Waals surface area contributed by atoms with E-state index in [1.165, 1.54) is 0 Å². The quantitative estimate of drug-likeness (QED) is 0.654. The van der Waals surface area contributed by atoms with Gasteiger partial charge in [0.15, 0.2) is 0 Å². The zero-order valence-electron chi connectivity index (χ0n) is 7.63. The summed E-state index contributed by atoms with van der Waals surface area (Å²) in [7, 11) is 0. The molecule has 0 radical (unpaired) electrons. The molecule has 0 aromatic heterocycles. The fourth-order valence-electron chi connectivity index (χ4n) is 1.15. The molecule has 0 aliphatic carbocycles. The van der Waals surface area contributed by atoms with E-state index in [4.69, 9.17) is 10.8 Å². The molecule has 1 aromatic rings. The lowest BCUT2D eigenvalue weighted by atomic mass is 10.0. The van der Waals surface area contributed by atoms with Crippen molar-refractivity contribution in [3.63, 3.8) is 0 Å². The smallest absolute Gasteiger partial charge is 0.320 e. The van der Waals surface area contributed by atoms with Crippen molar-refractivity contribution in [2.75, 3.05) is 0 Å². The van der Waals surface area contributed by atoms with Gasteiger partial charge in [0, 0.05) is 6.42 Å². The molecule has 0 spiro atoms. The van der Waals surface area contributed by atoms with Crippen molar-refractivity contribution in [3.8, 4) is 0 Å². The average molecular weight is 195 g/mol. The van der Waals surface area contributed by atoms with E-state index in [0.29, 0.717) is 5.56 Å². The maximum absolute atomic E-state index is 10.4. The van der Waals surface area contributed by atoms with Crippen molar-refractivity contribution in [1.29, 1.82) is 0 Å². The van der Waals surface area contributed by atoms with Gasteiger partial charge < -0.3 is 15.9 Å². The molecule has 0 fully saturated rings. The Morgan fingerprint density at radius 2 is 1.93 bits per heavy atom. The fraction of sp³-hybridized carbons (Fsp3) is 0.300. The molecule has 1 aromatic carbocycles. The van der Waals surface area contributed by atoms with Crippen molar-refractivity contribution < 1.29 is 15.0 Å². The normalized spacial score (nSPS) is 14.7. The fourth-order valence-corrected chi connectivity index (χ4v) is 1.15. The van der Waals surface area contributed by atoms with E-state index in [-0.39, 0.29) is 6.42 Å². The molecule has 4 N–H and O–H groups in total. The highest BCUT2D eigenvalue weighted by Crippen LogP contribution is 2.16. The summed E-state index contributed by atoms with van der Waals surface area (Å²) in [5, 5.41) is 18.1. The number of hydrogen-bond donors (Lipinski definition) is 3. The largest absolute Gasteiger partial charge is 0.480 e. The first-order valence-electron chi connectivity index (χ1n) is 4.32. The molecule has 14 heavy (non-hydrogen) atoms. The summed E-state index contributed by atoms with van der Waals surface area (Å²) in [6.07, 6.45) is -0.790. The van der Waals surface area contributed by atoms with Crippen LogP contribution in [0.3, 0.4) is 0 Å². The van der Waals surface area contributed by atoms with Crippen molar-refractivity contribution >= 4 is 5.97 Å². The molecule has 0 heterocycles. The lowest BCUT2D eigenvalue weighted by molar-refractivity contribution is -0.139. The van der Waals surface area contributed by atoms with Crippen LogP contribution < -0.4 is 5.73 Å². The highest BCUT2D eigenvalue weighted by Gasteiger charge is 2.17. The van der Waals surface area contributed by atoms with Gasteiger partial charge in [-0.25, -0.2) is 0 Å². The lowest BCUT2D eigenvalue weighted by Crippen LogP contribution is -2.31. The van der Waals surface area contributed by atoms with E-state index in [1.54, 1.807) is 24.3 Å². The van der Waals surface area contributed by atoms with Crippen molar-refractivity contribution in [2.45, 2.75) is 18.6 Å². The molecule has 0 saturated carbocycles. The molecular formula is C10H13NO3. The van der Waals surface area contributed by atoms with Crippen LogP contribution in [0, 0.1) is 0 Å². The maximum atomic E-state index is 10.4. The van der Waals surface area contributed by atoms with Crippen molar-refractivity contribution in [3.05, 3.63) is 35.9 Å². The summed E-state index contributed by atoms with van der Waals surface area (Å²) in [4.78, 5) is 10.4. The summed E-state index contributed by atoms with van der Waals surface area (Å²) in [5.74, 6) is -1.10. The second kappa shape index (κ2) is 4.74. The number of aliphatic hydroxyl groups excluding tert-OH is 1. The van der Waals surface area contributed by atoms with E-state index in [9.17, 15) is 9.90 Å². The zero-order chi connectivity index (χ0) is 10.6. The van der Waals surface area contributed by atoms with Crippen molar-refractivity contribution in [2.24, 2.45) is 5.73 Å². The molecule has 4 heteroatoms. The standard InChI is InChI=1S/C10H13NO3/c11-8(10(13)14)6-9(12)7-4-2-1-3-5-7/h1-5,8-9,12H,6,11H2,(H,13,14)/t8-,9?/m1/s1. The minimum Gasteiger partial charge on any atom is -0.480 e. The Kier molecular flexibility index (Phi) is 3.62. The number of rotatable bonds is 4. The average Bonchev–Trinajstić information content (AvgIpc) is 2.19. The van der Waals surface area contributed by atoms with Gasteiger partial charge in [0.1, 0.15) is 6.04 Å². The lowest BCUT2D eigenvalue weighted by Gasteiger charge is -2.13. The van der Waals surface area contributed by atoms with Crippen LogP contribution in [-0.4, -0.2) is 22.2 Å². The molecule has 0 aliphatic heterocycles. The highest BCUT2D eigenvalue weighted by molar-refractivity contribution is 5.73. The number of benzene rings is 1. The third kappa shape index (κ3) is 2.83. The van der Waals surface area contributed by atoms with Gasteiger partial charge in [0.2, 0.25) is 0 Å². The summed E-state index contributed by atoms with van der Waals surface area (Å²) in [5.41, 5.74) is 5.98. The van der Waals surface area contributed by atoms with Crippen LogP contribution in [0.1, 0.15) is 18.1 Å². The van der Waals surface area contributed by atoms with Gasteiger partial charge in [-0.05, 0) is 5.56 Å². The van der Waals surface area contributed by atoms with Crippen LogP contribution in [0.15, 0.2) is 30.3 Å². The summed E-state index contributed by atoms with van der Waals surface area (Å²) in [6.45, 7) is 0. The Hall–Kier alpha value is -1.39. The summed E-state index contributed by atoms with van der Waals surface area (Å²) < 4.78 is 0. The monoisotopic (exact) mass is 195 g/mol. The molecule has 1 unspecified atom stereocenters. The molecule has 2 atom stereocenters. The molecule has 0 bridgehead atoms. The number of aliphatic hydroxyl groups is 1. The number of carbonyl (C=O) groups is 1. The van der Waals surface area contributed by atoms with E-state index < -0.39 is 18.1 Å². The van der Waals surface area contributed by atoms with Crippen LogP contribution in [0.5, 0.6) is 0 Å². The molecule has 76 valence electrons. The van der Waals surface area contributed by atoms with Gasteiger partial charge in [-0.2, -0.15) is 0 Å². The van der Waals surface area contributed by atoms with E-state index in [0.717, 1.165) is 0 Å². The number of carboxylic acid groups (broad SMARTS) is 1. The SMILES string of the molecule is N[C@H](CC(O)c1ccccc1)C(=O)O. The van der Waals surface area contributed by atoms with Gasteiger partial charge in [0.25, 0.3) is 0 Å². The first-order chi connectivity index (χ1) is 6.61. The van der Waals surface area contributed by atoms with E-state index in [1.807, 2.05) is 6.07 Å². The second-order valence-electron chi connectivity index (χ2n) is 3.11. The predicted molar refractivity (Wildman–Crippen MR) is 51.6 cm³/mol. The predicted octanol–water partition coefficient (Wildman–Crippen LogP) is 0.522. The molecule has 0 saturated heterocycles. The van der Waals surface area contributed by atoms with Crippen LogP contribution in [0.2, 0.25) is 0 Å². The molecule has 0 aliphatic rings. The highest BCUT2D eigenvalue weighted by atomic mass is 16.4. The van der Waals surface area contributed by atoms with Crippen LogP contribution in [-0.2, 0) is 4.79 Å². The van der Waals surface area contributed by atoms with Crippen LogP contribution >= 0.6 is 0 Å². The Balaban J connectivity index is 2.59. The number of nitrogens with two attached hydrogens (primary N) is 1. The Morgan fingerprint density at radius 3 is 2.43 bits per heavy atom. The van der Waals surface area contributed by atoms with Crippen molar-refractivity contribution in [1.82, 2.24) is 0 Å². The van der Waals surface area contributed by atoms with Gasteiger partial charge in [0.05, 0.1) is 6.10 Å². The minimum absolute atomic E-state index is 0.0271. The summed E-state index contributed by atoms with van der Waals surface area (Å²) >= 11 is 0. The Bertz CT molecular complexity index is 299. The summed E-state index contributed by atoms with van der Waals surface area (Å²) in [6, 6.07) is 7.84. The minimum atomic E-state index is -1.10. The molecule has 0 amide bonds.